The maximum atomic E-state index is 12.3. The molecule has 2 heterocycles. The first-order valence-electron chi connectivity index (χ1n) is 7.69. The van der Waals surface area contributed by atoms with Crippen LogP contribution >= 0.6 is 11.6 Å². The zero-order valence-corrected chi connectivity index (χ0v) is 13.0. The fourth-order valence-corrected chi connectivity index (χ4v) is 3.25. The molecule has 0 unspecified atom stereocenters. The number of nitrogens with two attached hydrogens (primary N) is 1. The van der Waals surface area contributed by atoms with Gasteiger partial charge in [-0.3, -0.25) is 4.79 Å². The minimum absolute atomic E-state index is 0.107. The largest absolute Gasteiger partial charge is 0.440 e. The van der Waals surface area contributed by atoms with Gasteiger partial charge in [-0.1, -0.05) is 11.6 Å². The number of carbonyl (C=O) groups excluding carboxylic acids is 1. The van der Waals surface area contributed by atoms with Gasteiger partial charge in [-0.15, -0.1) is 0 Å². The molecule has 5 nitrogen and oxygen atoms in total. The third kappa shape index (κ3) is 2.38. The van der Waals surface area contributed by atoms with Crippen molar-refractivity contribution in [3.8, 4) is 0 Å². The van der Waals surface area contributed by atoms with E-state index in [1.807, 2.05) is 17.0 Å². The Kier molecular flexibility index (Phi) is 3.16. The van der Waals surface area contributed by atoms with Crippen LogP contribution in [-0.2, 0) is 4.79 Å². The zero-order chi connectivity index (χ0) is 15.3. The fraction of sp³-hybridized carbons (Fsp3) is 0.500. The third-order valence-corrected chi connectivity index (χ3v) is 4.95. The van der Waals surface area contributed by atoms with E-state index in [-0.39, 0.29) is 11.8 Å². The van der Waals surface area contributed by atoms with E-state index >= 15 is 0 Å². The average Bonchev–Trinajstić information content (AvgIpc) is 3.13. The number of amides is 1. The van der Waals surface area contributed by atoms with Crippen LogP contribution in [0.4, 0.5) is 0 Å². The lowest BCUT2D eigenvalue weighted by Gasteiger charge is -2.32. The Balaban J connectivity index is 1.47. The van der Waals surface area contributed by atoms with Crippen LogP contribution in [0, 0.1) is 0 Å². The molecule has 1 aromatic carbocycles. The molecule has 0 spiro atoms. The number of fused-ring (bicyclic) bond motifs is 1. The van der Waals surface area contributed by atoms with Gasteiger partial charge in [0, 0.05) is 24.0 Å². The normalized spacial score (nSPS) is 21.3. The number of hydrogen-bond acceptors (Lipinski definition) is 4. The standard InChI is InChI=1S/C16H18ClN3O2/c17-11-1-2-13-12(9-11)19-14(22-13)10-3-7-20(8-4-10)15(21)16(18)5-6-16/h1-2,9-10H,3-8,18H2. The van der Waals surface area contributed by atoms with E-state index in [2.05, 4.69) is 4.98 Å². The summed E-state index contributed by atoms with van der Waals surface area (Å²) in [5, 5.41) is 0.658. The van der Waals surface area contributed by atoms with Crippen molar-refractivity contribution >= 4 is 28.6 Å². The zero-order valence-electron chi connectivity index (χ0n) is 12.2. The first-order chi connectivity index (χ1) is 10.5. The molecule has 0 radical (unpaired) electrons. The molecule has 2 N–H and O–H groups in total. The summed E-state index contributed by atoms with van der Waals surface area (Å²) in [6.45, 7) is 1.45. The number of nitrogens with zero attached hydrogens (tertiary/aromatic N) is 2. The molecule has 1 aliphatic carbocycles. The average molecular weight is 320 g/mol. The van der Waals surface area contributed by atoms with Crippen LogP contribution in [0.2, 0.25) is 5.02 Å². The van der Waals surface area contributed by atoms with Crippen molar-refractivity contribution in [1.29, 1.82) is 0 Å². The summed E-state index contributed by atoms with van der Waals surface area (Å²) in [7, 11) is 0. The van der Waals surface area contributed by atoms with Gasteiger partial charge in [-0.25, -0.2) is 4.98 Å². The molecule has 2 aromatic rings. The summed E-state index contributed by atoms with van der Waals surface area (Å²) in [5.74, 6) is 1.11. The summed E-state index contributed by atoms with van der Waals surface area (Å²) in [6, 6.07) is 5.46. The minimum atomic E-state index is -0.568. The Morgan fingerprint density at radius 2 is 2.09 bits per heavy atom. The van der Waals surface area contributed by atoms with E-state index < -0.39 is 5.54 Å². The first kappa shape index (κ1) is 14.0. The topological polar surface area (TPSA) is 72.4 Å². The van der Waals surface area contributed by atoms with Crippen LogP contribution < -0.4 is 5.73 Å². The maximum absolute atomic E-state index is 12.3. The second kappa shape index (κ2) is 4.96. The van der Waals surface area contributed by atoms with Crippen molar-refractivity contribution in [2.24, 2.45) is 5.73 Å². The van der Waals surface area contributed by atoms with E-state index in [0.29, 0.717) is 5.02 Å². The summed E-state index contributed by atoms with van der Waals surface area (Å²) < 4.78 is 5.84. The van der Waals surface area contributed by atoms with Crippen molar-refractivity contribution in [1.82, 2.24) is 9.88 Å². The number of benzene rings is 1. The molecular weight excluding hydrogens is 302 g/mol. The van der Waals surface area contributed by atoms with Crippen LogP contribution in [0.3, 0.4) is 0 Å². The van der Waals surface area contributed by atoms with Crippen LogP contribution in [0.15, 0.2) is 22.6 Å². The van der Waals surface area contributed by atoms with Crippen LogP contribution in [0.25, 0.3) is 11.1 Å². The fourth-order valence-electron chi connectivity index (χ4n) is 3.09. The summed E-state index contributed by atoms with van der Waals surface area (Å²) in [5.41, 5.74) is 6.98. The Labute approximate surface area is 133 Å². The van der Waals surface area contributed by atoms with E-state index in [4.69, 9.17) is 21.8 Å². The molecule has 1 saturated heterocycles. The highest BCUT2D eigenvalue weighted by Gasteiger charge is 2.48. The number of aromatic nitrogens is 1. The van der Waals surface area contributed by atoms with Gasteiger partial charge in [-0.05, 0) is 43.9 Å². The Morgan fingerprint density at radius 3 is 2.77 bits per heavy atom. The maximum Gasteiger partial charge on any atom is 0.242 e. The predicted octanol–water partition coefficient (Wildman–Crippen LogP) is 2.68. The number of likely N-dealkylation sites (tertiary alicyclic amines) is 1. The van der Waals surface area contributed by atoms with Crippen molar-refractivity contribution in [3.63, 3.8) is 0 Å². The molecule has 2 aliphatic rings. The highest BCUT2D eigenvalue weighted by molar-refractivity contribution is 6.31. The van der Waals surface area contributed by atoms with Crippen molar-refractivity contribution in [3.05, 3.63) is 29.1 Å². The molecule has 116 valence electrons. The van der Waals surface area contributed by atoms with Gasteiger partial charge in [0.15, 0.2) is 11.5 Å². The van der Waals surface area contributed by atoms with Gasteiger partial charge < -0.3 is 15.1 Å². The molecule has 2 fully saturated rings. The molecule has 22 heavy (non-hydrogen) atoms. The molecule has 1 saturated carbocycles. The van der Waals surface area contributed by atoms with Gasteiger partial charge in [-0.2, -0.15) is 0 Å². The summed E-state index contributed by atoms with van der Waals surface area (Å²) >= 11 is 5.98. The Hall–Kier alpha value is -1.59. The predicted molar refractivity (Wildman–Crippen MR) is 83.7 cm³/mol. The molecule has 1 amide bonds. The Bertz CT molecular complexity index is 730. The van der Waals surface area contributed by atoms with Gasteiger partial charge in [0.25, 0.3) is 0 Å². The highest BCUT2D eigenvalue weighted by Crippen LogP contribution is 2.37. The summed E-state index contributed by atoms with van der Waals surface area (Å²) in [6.07, 6.45) is 3.36. The SMILES string of the molecule is NC1(C(=O)N2CCC(c3nc4cc(Cl)ccc4o3)CC2)CC1. The molecule has 0 atom stereocenters. The molecule has 1 aliphatic heterocycles. The second-order valence-electron chi connectivity index (χ2n) is 6.39. The number of oxazole rings is 1. The van der Waals surface area contributed by atoms with Gasteiger partial charge >= 0.3 is 0 Å². The second-order valence-corrected chi connectivity index (χ2v) is 6.82. The van der Waals surface area contributed by atoms with Crippen molar-refractivity contribution < 1.29 is 9.21 Å². The van der Waals surface area contributed by atoms with E-state index in [9.17, 15) is 4.79 Å². The molecule has 4 rings (SSSR count). The minimum Gasteiger partial charge on any atom is -0.440 e. The van der Waals surface area contributed by atoms with Gasteiger partial charge in [0.2, 0.25) is 5.91 Å². The molecular formula is C16H18ClN3O2. The van der Waals surface area contributed by atoms with Crippen LogP contribution in [0.5, 0.6) is 0 Å². The monoisotopic (exact) mass is 319 g/mol. The van der Waals surface area contributed by atoms with Crippen LogP contribution in [0.1, 0.15) is 37.5 Å². The highest BCUT2D eigenvalue weighted by atomic mass is 35.5. The van der Waals surface area contributed by atoms with Crippen molar-refractivity contribution in [2.75, 3.05) is 13.1 Å². The summed E-state index contributed by atoms with van der Waals surface area (Å²) in [4.78, 5) is 18.7. The van der Waals surface area contributed by atoms with Gasteiger partial charge in [0.1, 0.15) is 5.52 Å². The molecule has 1 aromatic heterocycles. The molecule has 6 heteroatoms. The number of piperidine rings is 1. The Morgan fingerprint density at radius 1 is 1.36 bits per heavy atom. The lowest BCUT2D eigenvalue weighted by atomic mass is 9.96. The third-order valence-electron chi connectivity index (χ3n) is 4.71. The molecule has 0 bridgehead atoms. The smallest absolute Gasteiger partial charge is 0.242 e. The van der Waals surface area contributed by atoms with Crippen LogP contribution in [-0.4, -0.2) is 34.4 Å². The van der Waals surface area contributed by atoms with E-state index in [1.54, 1.807) is 6.07 Å². The lowest BCUT2D eigenvalue weighted by molar-refractivity contribution is -0.134. The van der Waals surface area contributed by atoms with Gasteiger partial charge in [0.05, 0.1) is 5.54 Å². The number of rotatable bonds is 2. The van der Waals surface area contributed by atoms with Crippen molar-refractivity contribution in [2.45, 2.75) is 37.1 Å². The lowest BCUT2D eigenvalue weighted by Crippen LogP contribution is -2.48. The van der Waals surface area contributed by atoms with E-state index in [1.165, 1.54) is 0 Å². The number of halogens is 1. The quantitative estimate of drug-likeness (QED) is 0.923. The number of hydrogen-bond donors (Lipinski definition) is 1. The number of carbonyl (C=O) groups is 1. The first-order valence-corrected chi connectivity index (χ1v) is 8.07. The van der Waals surface area contributed by atoms with E-state index in [0.717, 1.165) is 55.8 Å².